The van der Waals surface area contributed by atoms with Crippen LogP contribution in [0.1, 0.15) is 39.5 Å². The monoisotopic (exact) mass is 209 g/mol. The van der Waals surface area contributed by atoms with Gasteiger partial charge in [-0.3, -0.25) is 4.99 Å². The molecular weight excluding hydrogens is 186 g/mol. The SMILES string of the molecule is CC(C)NC(N)=NCC1CC2CCC1C2. The highest BCUT2D eigenvalue weighted by Crippen LogP contribution is 2.48. The summed E-state index contributed by atoms with van der Waals surface area (Å²) in [6.45, 7) is 5.10. The predicted molar refractivity (Wildman–Crippen MR) is 63.7 cm³/mol. The molecule has 0 aromatic heterocycles. The lowest BCUT2D eigenvalue weighted by Crippen LogP contribution is -2.37. The van der Waals surface area contributed by atoms with Gasteiger partial charge in [-0.25, -0.2) is 0 Å². The third-order valence-electron chi connectivity index (χ3n) is 3.82. The van der Waals surface area contributed by atoms with Crippen LogP contribution in [0.15, 0.2) is 4.99 Å². The summed E-state index contributed by atoms with van der Waals surface area (Å²) in [4.78, 5) is 4.45. The maximum atomic E-state index is 5.79. The molecule has 0 radical (unpaired) electrons. The molecule has 15 heavy (non-hydrogen) atoms. The number of guanidine groups is 1. The van der Waals surface area contributed by atoms with Crippen molar-refractivity contribution in [3.05, 3.63) is 0 Å². The third kappa shape index (κ3) is 2.64. The second-order valence-electron chi connectivity index (χ2n) is 5.46. The average molecular weight is 209 g/mol. The Morgan fingerprint density at radius 1 is 1.40 bits per heavy atom. The lowest BCUT2D eigenvalue weighted by molar-refractivity contribution is 0.341. The van der Waals surface area contributed by atoms with E-state index in [0.29, 0.717) is 12.0 Å². The number of nitrogens with zero attached hydrogens (tertiary/aromatic N) is 1. The highest BCUT2D eigenvalue weighted by molar-refractivity contribution is 5.78. The zero-order valence-corrected chi connectivity index (χ0v) is 9.87. The molecule has 3 nitrogen and oxygen atoms in total. The quantitative estimate of drug-likeness (QED) is 0.549. The number of hydrogen-bond donors (Lipinski definition) is 2. The van der Waals surface area contributed by atoms with Crippen molar-refractivity contribution >= 4 is 5.96 Å². The number of hydrogen-bond acceptors (Lipinski definition) is 1. The first-order valence-electron chi connectivity index (χ1n) is 6.21. The van der Waals surface area contributed by atoms with E-state index in [1.54, 1.807) is 0 Å². The van der Waals surface area contributed by atoms with Crippen molar-refractivity contribution in [2.24, 2.45) is 28.5 Å². The van der Waals surface area contributed by atoms with Crippen LogP contribution in [-0.4, -0.2) is 18.5 Å². The van der Waals surface area contributed by atoms with E-state index in [1.807, 2.05) is 0 Å². The number of aliphatic imine (C=N–C) groups is 1. The van der Waals surface area contributed by atoms with E-state index in [0.717, 1.165) is 24.3 Å². The van der Waals surface area contributed by atoms with Crippen molar-refractivity contribution in [3.63, 3.8) is 0 Å². The van der Waals surface area contributed by atoms with Crippen LogP contribution in [0.3, 0.4) is 0 Å². The van der Waals surface area contributed by atoms with E-state index in [2.05, 4.69) is 24.2 Å². The molecule has 2 aliphatic rings. The smallest absolute Gasteiger partial charge is 0.188 e. The molecule has 0 amide bonds. The maximum Gasteiger partial charge on any atom is 0.188 e. The van der Waals surface area contributed by atoms with Gasteiger partial charge in [-0.05, 0) is 50.9 Å². The lowest BCUT2D eigenvalue weighted by Gasteiger charge is -2.19. The Labute approximate surface area is 92.5 Å². The molecule has 86 valence electrons. The van der Waals surface area contributed by atoms with Crippen molar-refractivity contribution < 1.29 is 0 Å². The van der Waals surface area contributed by atoms with Crippen LogP contribution in [0.25, 0.3) is 0 Å². The van der Waals surface area contributed by atoms with Crippen molar-refractivity contribution in [3.8, 4) is 0 Å². The fourth-order valence-electron chi connectivity index (χ4n) is 3.16. The minimum Gasteiger partial charge on any atom is -0.370 e. The second-order valence-corrected chi connectivity index (χ2v) is 5.46. The van der Waals surface area contributed by atoms with Gasteiger partial charge in [0.05, 0.1) is 0 Å². The van der Waals surface area contributed by atoms with Gasteiger partial charge in [-0.15, -0.1) is 0 Å². The Hall–Kier alpha value is -0.730. The molecule has 3 unspecified atom stereocenters. The van der Waals surface area contributed by atoms with Crippen molar-refractivity contribution in [2.45, 2.75) is 45.6 Å². The van der Waals surface area contributed by atoms with E-state index in [1.165, 1.54) is 25.7 Å². The van der Waals surface area contributed by atoms with Gasteiger partial charge in [0.15, 0.2) is 5.96 Å². The van der Waals surface area contributed by atoms with Gasteiger partial charge in [0.2, 0.25) is 0 Å². The van der Waals surface area contributed by atoms with E-state index in [9.17, 15) is 0 Å². The van der Waals surface area contributed by atoms with Crippen LogP contribution in [-0.2, 0) is 0 Å². The molecule has 2 rings (SSSR count). The number of nitrogens with two attached hydrogens (primary N) is 1. The van der Waals surface area contributed by atoms with Gasteiger partial charge < -0.3 is 11.1 Å². The van der Waals surface area contributed by atoms with Gasteiger partial charge in [0.25, 0.3) is 0 Å². The average Bonchev–Trinajstić information content (AvgIpc) is 2.74. The van der Waals surface area contributed by atoms with Crippen LogP contribution in [0.4, 0.5) is 0 Å². The Morgan fingerprint density at radius 3 is 2.73 bits per heavy atom. The van der Waals surface area contributed by atoms with Gasteiger partial charge in [0.1, 0.15) is 0 Å². The Morgan fingerprint density at radius 2 is 2.20 bits per heavy atom. The molecule has 0 aromatic carbocycles. The van der Waals surface area contributed by atoms with Crippen LogP contribution in [0.5, 0.6) is 0 Å². The minimum absolute atomic E-state index is 0.383. The number of nitrogens with one attached hydrogen (secondary N) is 1. The molecular formula is C12H23N3. The Kier molecular flexibility index (Phi) is 3.17. The molecule has 0 aliphatic heterocycles. The molecule has 3 atom stereocenters. The summed E-state index contributed by atoms with van der Waals surface area (Å²) in [6.07, 6.45) is 5.74. The molecule has 3 heteroatoms. The zero-order valence-electron chi connectivity index (χ0n) is 9.87. The largest absolute Gasteiger partial charge is 0.370 e. The molecule has 2 bridgehead atoms. The highest BCUT2D eigenvalue weighted by Gasteiger charge is 2.39. The Bertz CT molecular complexity index is 247. The summed E-state index contributed by atoms with van der Waals surface area (Å²) in [5.41, 5.74) is 5.79. The highest BCUT2D eigenvalue weighted by atomic mass is 15.1. The van der Waals surface area contributed by atoms with Crippen LogP contribution < -0.4 is 11.1 Å². The van der Waals surface area contributed by atoms with E-state index >= 15 is 0 Å². The molecule has 2 fully saturated rings. The van der Waals surface area contributed by atoms with E-state index in [4.69, 9.17) is 5.73 Å². The van der Waals surface area contributed by atoms with Gasteiger partial charge in [-0.2, -0.15) is 0 Å². The predicted octanol–water partition coefficient (Wildman–Crippen LogP) is 1.74. The van der Waals surface area contributed by atoms with E-state index < -0.39 is 0 Å². The minimum atomic E-state index is 0.383. The van der Waals surface area contributed by atoms with Crippen LogP contribution in [0.2, 0.25) is 0 Å². The molecule has 2 aliphatic carbocycles. The first kappa shape index (κ1) is 10.8. The maximum absolute atomic E-state index is 5.79. The van der Waals surface area contributed by atoms with Crippen molar-refractivity contribution in [1.29, 1.82) is 0 Å². The topological polar surface area (TPSA) is 50.4 Å². The van der Waals surface area contributed by atoms with Crippen LogP contribution in [0, 0.1) is 17.8 Å². The van der Waals surface area contributed by atoms with Gasteiger partial charge in [-0.1, -0.05) is 6.42 Å². The van der Waals surface area contributed by atoms with Crippen molar-refractivity contribution in [2.75, 3.05) is 6.54 Å². The molecule has 0 heterocycles. The summed E-state index contributed by atoms with van der Waals surface area (Å²) in [6, 6.07) is 0.383. The molecule has 3 N–H and O–H groups in total. The molecule has 0 aromatic rings. The number of rotatable bonds is 3. The summed E-state index contributed by atoms with van der Waals surface area (Å²) in [7, 11) is 0. The standard InChI is InChI=1S/C12H23N3/c1-8(2)15-12(13)14-7-11-6-9-3-4-10(11)5-9/h8-11H,3-7H2,1-2H3,(H3,13,14,15). The summed E-state index contributed by atoms with van der Waals surface area (Å²) in [5.74, 6) is 3.39. The molecule has 2 saturated carbocycles. The second kappa shape index (κ2) is 4.42. The lowest BCUT2D eigenvalue weighted by atomic mass is 9.89. The van der Waals surface area contributed by atoms with Gasteiger partial charge in [0, 0.05) is 12.6 Å². The fourth-order valence-corrected chi connectivity index (χ4v) is 3.16. The van der Waals surface area contributed by atoms with Crippen LogP contribution >= 0.6 is 0 Å². The molecule has 0 saturated heterocycles. The number of fused-ring (bicyclic) bond motifs is 2. The zero-order chi connectivity index (χ0) is 10.8. The van der Waals surface area contributed by atoms with Gasteiger partial charge >= 0.3 is 0 Å². The first-order valence-corrected chi connectivity index (χ1v) is 6.21. The summed E-state index contributed by atoms with van der Waals surface area (Å²) < 4.78 is 0. The Balaban J connectivity index is 1.78. The van der Waals surface area contributed by atoms with E-state index in [-0.39, 0.29) is 0 Å². The normalized spacial score (nSPS) is 35.1. The summed E-state index contributed by atoms with van der Waals surface area (Å²) >= 11 is 0. The first-order chi connectivity index (χ1) is 7.15. The fraction of sp³-hybridized carbons (Fsp3) is 0.917. The molecule has 0 spiro atoms. The summed E-state index contributed by atoms with van der Waals surface area (Å²) in [5, 5.41) is 3.14. The van der Waals surface area contributed by atoms with Crippen molar-refractivity contribution in [1.82, 2.24) is 5.32 Å². The third-order valence-corrected chi connectivity index (χ3v) is 3.82.